The van der Waals surface area contributed by atoms with E-state index in [0.29, 0.717) is 13.2 Å². The number of amides is 1. The second kappa shape index (κ2) is 7.32. The van der Waals surface area contributed by atoms with E-state index in [1.807, 2.05) is 31.3 Å². The van der Waals surface area contributed by atoms with Crippen LogP contribution in [0.15, 0.2) is 24.3 Å². The molecule has 1 amide bonds. The number of hydrogen-bond donors (Lipinski definition) is 0. The van der Waals surface area contributed by atoms with Gasteiger partial charge < -0.3 is 23.8 Å². The van der Waals surface area contributed by atoms with E-state index in [2.05, 4.69) is 0 Å². The zero-order valence-electron chi connectivity index (χ0n) is 15.4. The molecule has 0 bridgehead atoms. The van der Waals surface area contributed by atoms with Crippen LogP contribution < -0.4 is 4.74 Å². The molecule has 1 aliphatic carbocycles. The molecule has 0 spiro atoms. The van der Waals surface area contributed by atoms with E-state index >= 15 is 0 Å². The summed E-state index contributed by atoms with van der Waals surface area (Å²) in [6, 6.07) is 7.63. The fourth-order valence-electron chi connectivity index (χ4n) is 3.73. The molecule has 25 heavy (non-hydrogen) atoms. The molecule has 0 aromatic heterocycles. The zero-order valence-corrected chi connectivity index (χ0v) is 15.4. The van der Waals surface area contributed by atoms with Gasteiger partial charge in [-0.25, -0.2) is 0 Å². The van der Waals surface area contributed by atoms with E-state index in [1.165, 1.54) is 0 Å². The van der Waals surface area contributed by atoms with Gasteiger partial charge in [0.2, 0.25) is 5.91 Å². The molecular weight excluding hydrogens is 322 g/mol. The summed E-state index contributed by atoms with van der Waals surface area (Å²) in [5.74, 6) is 0.911. The molecule has 138 valence electrons. The lowest BCUT2D eigenvalue weighted by Gasteiger charge is -2.41. The van der Waals surface area contributed by atoms with Gasteiger partial charge in [-0.05, 0) is 30.5 Å². The fourth-order valence-corrected chi connectivity index (χ4v) is 3.73. The molecule has 0 N–H and O–H groups in total. The van der Waals surface area contributed by atoms with Gasteiger partial charge in [0, 0.05) is 21.3 Å². The van der Waals surface area contributed by atoms with Crippen molar-refractivity contribution in [3.8, 4) is 5.75 Å². The Morgan fingerprint density at radius 3 is 2.32 bits per heavy atom. The third-order valence-electron chi connectivity index (χ3n) is 5.51. The molecule has 1 aliphatic heterocycles. The first-order valence-electron chi connectivity index (χ1n) is 8.62. The number of methoxy groups -OCH3 is 3. The molecule has 3 rings (SSSR count). The first kappa shape index (κ1) is 18.2. The summed E-state index contributed by atoms with van der Waals surface area (Å²) < 4.78 is 22.0. The van der Waals surface area contributed by atoms with Gasteiger partial charge in [0.25, 0.3) is 0 Å². The highest BCUT2D eigenvalue weighted by atomic mass is 16.6. The number of hydrogen-bond acceptors (Lipinski definition) is 5. The van der Waals surface area contributed by atoms with Crippen molar-refractivity contribution >= 4 is 5.91 Å². The summed E-state index contributed by atoms with van der Waals surface area (Å²) in [5.41, 5.74) is 0.610. The fraction of sp³-hybridized carbons (Fsp3) is 0.632. The quantitative estimate of drug-likeness (QED) is 0.781. The molecule has 1 aromatic rings. The SMILES string of the molecule is COc1ccc(C2(C(=O)N(C)[C@@H]3COC[C@@H](OC)[C@H]3OC)CC2)cc1. The third-order valence-corrected chi connectivity index (χ3v) is 5.51. The summed E-state index contributed by atoms with van der Waals surface area (Å²) in [5, 5.41) is 0. The largest absolute Gasteiger partial charge is 0.497 e. The second-order valence-electron chi connectivity index (χ2n) is 6.81. The number of carbonyl (C=O) groups is 1. The molecule has 1 saturated heterocycles. The van der Waals surface area contributed by atoms with Crippen molar-refractivity contribution in [2.75, 3.05) is 41.6 Å². The number of carbonyl (C=O) groups excluding carboxylic acids is 1. The van der Waals surface area contributed by atoms with Gasteiger partial charge in [0.1, 0.15) is 18.0 Å². The highest BCUT2D eigenvalue weighted by molar-refractivity contribution is 5.91. The number of benzene rings is 1. The second-order valence-corrected chi connectivity index (χ2v) is 6.81. The van der Waals surface area contributed by atoms with E-state index in [9.17, 15) is 4.79 Å². The van der Waals surface area contributed by atoms with Crippen LogP contribution in [0.5, 0.6) is 5.75 Å². The molecule has 3 atom stereocenters. The predicted molar refractivity (Wildman–Crippen MR) is 92.9 cm³/mol. The maximum absolute atomic E-state index is 13.3. The first-order valence-corrected chi connectivity index (χ1v) is 8.62. The van der Waals surface area contributed by atoms with Crippen molar-refractivity contribution < 1.29 is 23.7 Å². The maximum Gasteiger partial charge on any atom is 0.233 e. The average Bonchev–Trinajstić information content (AvgIpc) is 3.48. The lowest BCUT2D eigenvalue weighted by Crippen LogP contribution is -2.59. The molecule has 6 heteroatoms. The van der Waals surface area contributed by atoms with Crippen LogP contribution in [0, 0.1) is 0 Å². The zero-order chi connectivity index (χ0) is 18.0. The number of likely N-dealkylation sites (N-methyl/N-ethyl adjacent to an activating group) is 1. The molecular formula is C19H27NO5. The lowest BCUT2D eigenvalue weighted by atomic mass is 9.92. The molecule has 0 radical (unpaired) electrons. The summed E-state index contributed by atoms with van der Waals surface area (Å²) >= 11 is 0. The summed E-state index contributed by atoms with van der Waals surface area (Å²) in [7, 11) is 6.78. The molecule has 1 aromatic carbocycles. The lowest BCUT2D eigenvalue weighted by molar-refractivity contribution is -0.166. The van der Waals surface area contributed by atoms with Crippen molar-refractivity contribution in [1.82, 2.24) is 4.90 Å². The Hall–Kier alpha value is -1.63. The van der Waals surface area contributed by atoms with Crippen LogP contribution in [0.3, 0.4) is 0 Å². The molecule has 6 nitrogen and oxygen atoms in total. The smallest absolute Gasteiger partial charge is 0.233 e. The molecule has 2 aliphatic rings. The van der Waals surface area contributed by atoms with E-state index in [-0.39, 0.29) is 24.2 Å². The molecule has 2 fully saturated rings. The van der Waals surface area contributed by atoms with Crippen molar-refractivity contribution in [1.29, 1.82) is 0 Å². The van der Waals surface area contributed by atoms with Gasteiger partial charge in [-0.3, -0.25) is 4.79 Å². The van der Waals surface area contributed by atoms with Crippen LogP contribution in [-0.4, -0.2) is 70.6 Å². The molecule has 1 heterocycles. The normalized spacial score (nSPS) is 27.6. The van der Waals surface area contributed by atoms with E-state index in [0.717, 1.165) is 24.2 Å². The van der Waals surface area contributed by atoms with Crippen LogP contribution in [0.4, 0.5) is 0 Å². The van der Waals surface area contributed by atoms with Gasteiger partial charge in [-0.2, -0.15) is 0 Å². The van der Waals surface area contributed by atoms with Gasteiger partial charge in [0.05, 0.1) is 31.8 Å². The molecule has 0 unspecified atom stereocenters. The standard InChI is InChI=1S/C19H27NO5/c1-20(15-11-25-12-16(23-3)17(15)24-4)18(21)19(9-10-19)13-5-7-14(22-2)8-6-13/h5-8,15-17H,9-12H2,1-4H3/t15-,16-,17+/m1/s1. The maximum atomic E-state index is 13.3. The number of nitrogens with zero attached hydrogens (tertiary/aromatic N) is 1. The van der Waals surface area contributed by atoms with Crippen molar-refractivity contribution in [2.24, 2.45) is 0 Å². The summed E-state index contributed by atoms with van der Waals surface area (Å²) in [6.45, 7) is 0.941. The molecule has 1 saturated carbocycles. The Kier molecular flexibility index (Phi) is 5.32. The van der Waals surface area contributed by atoms with Crippen LogP contribution in [0.2, 0.25) is 0 Å². The monoisotopic (exact) mass is 349 g/mol. The average molecular weight is 349 g/mol. The first-order chi connectivity index (χ1) is 12.1. The Bertz CT molecular complexity index is 598. The highest BCUT2D eigenvalue weighted by Gasteiger charge is 2.54. The topological polar surface area (TPSA) is 57.2 Å². The summed E-state index contributed by atoms with van der Waals surface area (Å²) in [6.07, 6.45) is 1.36. The Morgan fingerprint density at radius 1 is 1.12 bits per heavy atom. The van der Waals surface area contributed by atoms with Crippen molar-refractivity contribution in [2.45, 2.75) is 36.5 Å². The minimum atomic E-state index is -0.431. The number of rotatable bonds is 6. The van der Waals surface area contributed by atoms with Gasteiger partial charge in [0.15, 0.2) is 0 Å². The van der Waals surface area contributed by atoms with Crippen LogP contribution in [-0.2, 0) is 24.4 Å². The minimum absolute atomic E-state index is 0.116. The van der Waals surface area contributed by atoms with Crippen LogP contribution >= 0.6 is 0 Å². The van der Waals surface area contributed by atoms with E-state index in [4.69, 9.17) is 18.9 Å². The summed E-state index contributed by atoms with van der Waals surface area (Å²) in [4.78, 5) is 15.1. The third kappa shape index (κ3) is 3.26. The van der Waals surface area contributed by atoms with E-state index < -0.39 is 5.41 Å². The number of ether oxygens (including phenoxy) is 4. The Balaban J connectivity index is 1.79. The van der Waals surface area contributed by atoms with Crippen LogP contribution in [0.1, 0.15) is 18.4 Å². The van der Waals surface area contributed by atoms with Crippen LogP contribution in [0.25, 0.3) is 0 Å². The van der Waals surface area contributed by atoms with E-state index in [1.54, 1.807) is 26.2 Å². The Labute approximate surface area is 149 Å². The minimum Gasteiger partial charge on any atom is -0.497 e. The van der Waals surface area contributed by atoms with Crippen molar-refractivity contribution in [3.63, 3.8) is 0 Å². The predicted octanol–water partition coefficient (Wildman–Crippen LogP) is 1.61. The van der Waals surface area contributed by atoms with Crippen molar-refractivity contribution in [3.05, 3.63) is 29.8 Å². The highest BCUT2D eigenvalue weighted by Crippen LogP contribution is 2.50. The van der Waals surface area contributed by atoms with Gasteiger partial charge >= 0.3 is 0 Å². The van der Waals surface area contributed by atoms with Gasteiger partial charge in [-0.1, -0.05) is 12.1 Å². The Morgan fingerprint density at radius 2 is 1.80 bits per heavy atom. The van der Waals surface area contributed by atoms with Gasteiger partial charge in [-0.15, -0.1) is 0 Å².